The van der Waals surface area contributed by atoms with Gasteiger partial charge < -0.3 is 15.1 Å². The van der Waals surface area contributed by atoms with Crippen molar-refractivity contribution < 1.29 is 19.8 Å². The summed E-state index contributed by atoms with van der Waals surface area (Å²) in [6, 6.07) is 1.22. The number of carbonyl (C=O) groups excluding carboxylic acids is 1. The van der Waals surface area contributed by atoms with E-state index in [0.717, 1.165) is 12.8 Å². The average Bonchev–Trinajstić information content (AvgIpc) is 2.99. The van der Waals surface area contributed by atoms with Gasteiger partial charge in [0.15, 0.2) is 5.69 Å². The molecular weight excluding hydrogens is 250 g/mol. The summed E-state index contributed by atoms with van der Waals surface area (Å²) in [4.78, 5) is 24.4. The number of aromatic carboxylic acids is 1. The normalized spacial score (nSPS) is 26.7. The molecule has 1 aromatic heterocycles. The monoisotopic (exact) mass is 265 g/mol. The molecule has 2 aliphatic rings. The summed E-state index contributed by atoms with van der Waals surface area (Å²) in [7, 11) is 0. The molecule has 19 heavy (non-hydrogen) atoms. The Morgan fingerprint density at radius 1 is 1.47 bits per heavy atom. The van der Waals surface area contributed by atoms with Crippen LogP contribution in [0.5, 0.6) is 0 Å². The second kappa shape index (κ2) is 4.06. The zero-order valence-corrected chi connectivity index (χ0v) is 10.3. The number of hydrogen-bond acceptors (Lipinski definition) is 4. The highest BCUT2D eigenvalue weighted by atomic mass is 16.4. The van der Waals surface area contributed by atoms with Gasteiger partial charge in [-0.25, -0.2) is 4.79 Å². The lowest BCUT2D eigenvalue weighted by molar-refractivity contribution is 0.0256. The molecule has 2 fully saturated rings. The van der Waals surface area contributed by atoms with Crippen molar-refractivity contribution in [2.45, 2.75) is 24.9 Å². The van der Waals surface area contributed by atoms with E-state index in [-0.39, 0.29) is 17.3 Å². The first-order chi connectivity index (χ1) is 8.99. The number of β-amino-alcohol motifs (C(OH)–C–C–N with tert-alkyl or cyclic N) is 1. The van der Waals surface area contributed by atoms with Crippen molar-refractivity contribution in [3.8, 4) is 0 Å². The van der Waals surface area contributed by atoms with Crippen LogP contribution in [-0.2, 0) is 0 Å². The zero-order valence-electron chi connectivity index (χ0n) is 10.3. The van der Waals surface area contributed by atoms with E-state index in [2.05, 4.69) is 10.2 Å². The summed E-state index contributed by atoms with van der Waals surface area (Å²) in [6.45, 7) is 0.798. The Morgan fingerprint density at radius 2 is 2.21 bits per heavy atom. The number of nitrogens with one attached hydrogen (secondary N) is 1. The maximum absolute atomic E-state index is 12.2. The molecule has 3 rings (SSSR count). The van der Waals surface area contributed by atoms with Gasteiger partial charge >= 0.3 is 5.97 Å². The van der Waals surface area contributed by atoms with Crippen LogP contribution in [0.4, 0.5) is 0 Å². The van der Waals surface area contributed by atoms with Crippen molar-refractivity contribution in [2.75, 3.05) is 13.1 Å². The number of aliphatic hydroxyl groups is 1. The summed E-state index contributed by atoms with van der Waals surface area (Å²) in [6.07, 6.45) is 2.62. The van der Waals surface area contributed by atoms with E-state index in [4.69, 9.17) is 5.11 Å². The van der Waals surface area contributed by atoms with Crippen molar-refractivity contribution in [3.05, 3.63) is 17.5 Å². The Labute approximate surface area is 109 Å². The largest absolute Gasteiger partial charge is 0.477 e. The fourth-order valence-electron chi connectivity index (χ4n) is 2.65. The Balaban J connectivity index is 1.72. The van der Waals surface area contributed by atoms with Crippen LogP contribution < -0.4 is 0 Å². The van der Waals surface area contributed by atoms with E-state index in [1.807, 2.05) is 0 Å². The molecule has 0 spiro atoms. The SMILES string of the molecule is O=C(O)c1cc(C(=O)N2CCC(O)(C3CC3)C2)n[nH]1. The van der Waals surface area contributed by atoms with Crippen LogP contribution in [0.15, 0.2) is 6.07 Å². The van der Waals surface area contributed by atoms with Crippen LogP contribution in [-0.4, -0.2) is 55.9 Å². The first-order valence-corrected chi connectivity index (χ1v) is 6.30. The molecule has 1 amide bonds. The van der Waals surface area contributed by atoms with Gasteiger partial charge in [0, 0.05) is 12.6 Å². The molecule has 102 valence electrons. The van der Waals surface area contributed by atoms with E-state index >= 15 is 0 Å². The molecule has 7 heteroatoms. The van der Waals surface area contributed by atoms with Crippen LogP contribution >= 0.6 is 0 Å². The number of hydrogen-bond donors (Lipinski definition) is 3. The van der Waals surface area contributed by atoms with Gasteiger partial charge in [0.1, 0.15) is 5.69 Å². The molecule has 3 N–H and O–H groups in total. The maximum atomic E-state index is 12.2. The molecule has 7 nitrogen and oxygen atoms in total. The summed E-state index contributed by atoms with van der Waals surface area (Å²) >= 11 is 0. The minimum absolute atomic E-state index is 0.0810. The average molecular weight is 265 g/mol. The van der Waals surface area contributed by atoms with Crippen LogP contribution in [0, 0.1) is 5.92 Å². The first-order valence-electron chi connectivity index (χ1n) is 6.30. The standard InChI is InChI=1S/C12H15N3O4/c16-10(8-5-9(11(17)18)14-13-8)15-4-3-12(19,6-15)7-1-2-7/h5,7,19H,1-4,6H2,(H,13,14)(H,17,18). The number of aromatic amines is 1. The molecule has 2 heterocycles. The van der Waals surface area contributed by atoms with Crippen molar-refractivity contribution in [2.24, 2.45) is 5.92 Å². The van der Waals surface area contributed by atoms with Crippen LogP contribution in [0.3, 0.4) is 0 Å². The number of likely N-dealkylation sites (tertiary alicyclic amines) is 1. The smallest absolute Gasteiger partial charge is 0.353 e. The van der Waals surface area contributed by atoms with E-state index in [1.54, 1.807) is 4.90 Å². The van der Waals surface area contributed by atoms with Crippen LogP contribution in [0.2, 0.25) is 0 Å². The number of carbonyl (C=O) groups is 2. The quantitative estimate of drug-likeness (QED) is 0.718. The molecule has 1 aromatic rings. The number of nitrogens with zero attached hydrogens (tertiary/aromatic N) is 2. The Hall–Kier alpha value is -1.89. The van der Waals surface area contributed by atoms with Crippen molar-refractivity contribution in [1.29, 1.82) is 0 Å². The molecule has 1 saturated heterocycles. The number of carboxylic acids is 1. The van der Waals surface area contributed by atoms with Crippen molar-refractivity contribution in [1.82, 2.24) is 15.1 Å². The summed E-state index contributed by atoms with van der Waals surface area (Å²) in [5.74, 6) is -1.18. The third-order valence-electron chi connectivity index (χ3n) is 3.93. The summed E-state index contributed by atoms with van der Waals surface area (Å²) in [5, 5.41) is 25.2. The number of H-pyrrole nitrogens is 1. The Bertz CT molecular complexity index is 537. The fourth-order valence-corrected chi connectivity index (χ4v) is 2.65. The first kappa shape index (κ1) is 12.2. The molecule has 0 radical (unpaired) electrons. The number of aromatic nitrogens is 2. The minimum Gasteiger partial charge on any atom is -0.477 e. The van der Waals surface area contributed by atoms with Crippen LogP contribution in [0.25, 0.3) is 0 Å². The van der Waals surface area contributed by atoms with Gasteiger partial charge in [-0.3, -0.25) is 9.89 Å². The molecular formula is C12H15N3O4. The summed E-state index contributed by atoms with van der Waals surface area (Å²) < 4.78 is 0. The second-order valence-corrected chi connectivity index (χ2v) is 5.33. The molecule has 0 bridgehead atoms. The Morgan fingerprint density at radius 3 is 2.79 bits per heavy atom. The van der Waals surface area contributed by atoms with Gasteiger partial charge in [0.05, 0.1) is 12.1 Å². The maximum Gasteiger partial charge on any atom is 0.353 e. The lowest BCUT2D eigenvalue weighted by atomic mass is 9.97. The molecule has 1 aliphatic carbocycles. The lowest BCUT2D eigenvalue weighted by Crippen LogP contribution is -2.37. The molecule has 1 atom stereocenters. The number of rotatable bonds is 3. The highest BCUT2D eigenvalue weighted by Gasteiger charge is 2.49. The van der Waals surface area contributed by atoms with Gasteiger partial charge in [-0.2, -0.15) is 5.10 Å². The van der Waals surface area contributed by atoms with E-state index < -0.39 is 11.6 Å². The molecule has 0 aromatic carbocycles. The molecule has 1 aliphatic heterocycles. The minimum atomic E-state index is -1.15. The van der Waals surface area contributed by atoms with Gasteiger partial charge in [-0.15, -0.1) is 0 Å². The van der Waals surface area contributed by atoms with Crippen molar-refractivity contribution >= 4 is 11.9 Å². The van der Waals surface area contributed by atoms with E-state index in [1.165, 1.54) is 6.07 Å². The van der Waals surface area contributed by atoms with Crippen molar-refractivity contribution in [3.63, 3.8) is 0 Å². The summed E-state index contributed by atoms with van der Waals surface area (Å²) in [5.41, 5.74) is -0.792. The number of carboxylic acid groups (broad SMARTS) is 1. The third-order valence-corrected chi connectivity index (χ3v) is 3.93. The highest BCUT2D eigenvalue weighted by Crippen LogP contribution is 2.44. The molecule has 1 unspecified atom stereocenters. The van der Waals surface area contributed by atoms with Gasteiger partial charge in [0.25, 0.3) is 5.91 Å². The van der Waals surface area contributed by atoms with Gasteiger partial charge in [-0.1, -0.05) is 0 Å². The predicted octanol–water partition coefficient (Wildman–Crippen LogP) is 0.0949. The van der Waals surface area contributed by atoms with Gasteiger partial charge in [0.2, 0.25) is 0 Å². The highest BCUT2D eigenvalue weighted by molar-refractivity contribution is 5.95. The van der Waals surface area contributed by atoms with Crippen LogP contribution in [0.1, 0.15) is 40.2 Å². The molecule has 1 saturated carbocycles. The fraction of sp³-hybridized carbons (Fsp3) is 0.583. The number of amides is 1. The lowest BCUT2D eigenvalue weighted by Gasteiger charge is -2.22. The topological polar surface area (TPSA) is 107 Å². The van der Waals surface area contributed by atoms with E-state index in [9.17, 15) is 14.7 Å². The van der Waals surface area contributed by atoms with Gasteiger partial charge in [-0.05, 0) is 25.2 Å². The van der Waals surface area contributed by atoms with E-state index in [0.29, 0.717) is 25.4 Å². The third kappa shape index (κ3) is 2.10. The second-order valence-electron chi connectivity index (χ2n) is 5.33. The predicted molar refractivity (Wildman–Crippen MR) is 63.7 cm³/mol. The zero-order chi connectivity index (χ0) is 13.6. The Kier molecular flexibility index (Phi) is 2.60.